The molecule has 5 heteroatoms. The highest BCUT2D eigenvalue weighted by Gasteiger charge is 2.04. The van der Waals surface area contributed by atoms with E-state index in [0.717, 1.165) is 18.7 Å². The summed E-state index contributed by atoms with van der Waals surface area (Å²) in [4.78, 5) is 3.97. The first kappa shape index (κ1) is 12.0. The normalized spacial score (nSPS) is 14.5. The fourth-order valence-electron chi connectivity index (χ4n) is 1.10. The van der Waals surface area contributed by atoms with Crippen LogP contribution in [0.15, 0.2) is 18.3 Å². The Kier molecular flexibility index (Phi) is 4.55. The van der Waals surface area contributed by atoms with E-state index >= 15 is 0 Å². The van der Waals surface area contributed by atoms with Crippen molar-refractivity contribution in [3.8, 4) is 0 Å². The molecule has 0 aliphatic rings. The molecule has 0 amide bonds. The van der Waals surface area contributed by atoms with Crippen LogP contribution in [0.3, 0.4) is 0 Å². The highest BCUT2D eigenvalue weighted by Crippen LogP contribution is 2.07. The molecule has 84 valence electrons. The van der Waals surface area contributed by atoms with Crippen molar-refractivity contribution in [1.82, 2.24) is 4.98 Å². The van der Waals surface area contributed by atoms with Gasteiger partial charge in [-0.1, -0.05) is 6.92 Å². The summed E-state index contributed by atoms with van der Waals surface area (Å²) in [5.41, 5.74) is 6.41. The second kappa shape index (κ2) is 5.70. The fraction of sp³-hybridized carbons (Fsp3) is 0.500. The molecule has 2 atom stereocenters. The van der Waals surface area contributed by atoms with Gasteiger partial charge in [0.1, 0.15) is 5.82 Å². The predicted octanol–water partition coefficient (Wildman–Crippen LogP) is 1.23. The van der Waals surface area contributed by atoms with Crippen LogP contribution in [0.2, 0.25) is 0 Å². The number of nitrogens with two attached hydrogens (primary N) is 1. The minimum Gasteiger partial charge on any atom is -0.384 e. The Morgan fingerprint density at radius 2 is 2.33 bits per heavy atom. The lowest BCUT2D eigenvalue weighted by molar-refractivity contribution is 0.672. The number of hydrogen-bond acceptors (Lipinski definition) is 4. The van der Waals surface area contributed by atoms with Crippen LogP contribution < -0.4 is 11.1 Å². The zero-order valence-electron chi connectivity index (χ0n) is 9.06. The molecule has 0 radical (unpaired) electrons. The maximum absolute atomic E-state index is 11.1. The van der Waals surface area contributed by atoms with Gasteiger partial charge in [-0.15, -0.1) is 0 Å². The Morgan fingerprint density at radius 3 is 2.87 bits per heavy atom. The first-order valence-corrected chi connectivity index (χ1v) is 6.49. The number of nitrogens with one attached hydrogen (secondary N) is 1. The Hall–Kier alpha value is -1.10. The molecule has 1 aromatic heterocycles. The smallest absolute Gasteiger partial charge is 0.123 e. The molecular formula is C10H17N3OS. The molecule has 15 heavy (non-hydrogen) atoms. The highest BCUT2D eigenvalue weighted by atomic mass is 32.2. The molecule has 0 saturated heterocycles. The second-order valence-electron chi connectivity index (χ2n) is 3.50. The summed E-state index contributed by atoms with van der Waals surface area (Å²) in [5, 5.41) is 3.43. The molecule has 0 saturated carbocycles. The van der Waals surface area contributed by atoms with Crippen LogP contribution in [0.5, 0.6) is 0 Å². The number of anilines is 2. The molecule has 1 heterocycles. The third kappa shape index (κ3) is 4.29. The van der Waals surface area contributed by atoms with Crippen LogP contribution in [0.25, 0.3) is 0 Å². The third-order valence-corrected chi connectivity index (χ3v) is 3.60. The molecule has 1 rings (SSSR count). The van der Waals surface area contributed by atoms with Gasteiger partial charge >= 0.3 is 0 Å². The van der Waals surface area contributed by atoms with Crippen LogP contribution in [-0.4, -0.2) is 27.2 Å². The summed E-state index contributed by atoms with van der Waals surface area (Å²) in [6.45, 7) is 2.78. The van der Waals surface area contributed by atoms with Gasteiger partial charge in [0.2, 0.25) is 0 Å². The summed E-state index contributed by atoms with van der Waals surface area (Å²) < 4.78 is 11.1. The van der Waals surface area contributed by atoms with Gasteiger partial charge in [-0.25, -0.2) is 4.98 Å². The largest absolute Gasteiger partial charge is 0.384 e. The van der Waals surface area contributed by atoms with E-state index in [9.17, 15) is 4.21 Å². The minimum atomic E-state index is -0.747. The van der Waals surface area contributed by atoms with Crippen LogP contribution in [0.4, 0.5) is 11.5 Å². The molecule has 0 spiro atoms. The van der Waals surface area contributed by atoms with Gasteiger partial charge in [-0.2, -0.15) is 0 Å². The topological polar surface area (TPSA) is 68.0 Å². The van der Waals surface area contributed by atoms with E-state index in [1.165, 1.54) is 0 Å². The van der Waals surface area contributed by atoms with E-state index in [-0.39, 0.29) is 5.25 Å². The maximum atomic E-state index is 11.1. The van der Waals surface area contributed by atoms with Crippen molar-refractivity contribution >= 4 is 22.3 Å². The Balaban J connectivity index is 2.32. The standard InChI is InChI=1S/C10H17N3OS/c1-8(15(2)14)5-6-12-9-3-4-10(11)13-7-9/h3-4,7-8,12H,5-6H2,1-2H3,(H2,11,13). The number of hydrogen-bond donors (Lipinski definition) is 2. The van der Waals surface area contributed by atoms with E-state index in [0.29, 0.717) is 5.82 Å². The quantitative estimate of drug-likeness (QED) is 0.794. The van der Waals surface area contributed by atoms with E-state index in [4.69, 9.17) is 5.73 Å². The van der Waals surface area contributed by atoms with Gasteiger partial charge in [0, 0.05) is 28.9 Å². The van der Waals surface area contributed by atoms with Crippen molar-refractivity contribution in [2.45, 2.75) is 18.6 Å². The van der Waals surface area contributed by atoms with Crippen molar-refractivity contribution < 1.29 is 4.21 Å². The third-order valence-electron chi connectivity index (χ3n) is 2.23. The van der Waals surface area contributed by atoms with E-state index in [2.05, 4.69) is 10.3 Å². The van der Waals surface area contributed by atoms with Gasteiger partial charge in [-0.3, -0.25) is 4.21 Å². The van der Waals surface area contributed by atoms with Crippen LogP contribution in [-0.2, 0) is 10.8 Å². The van der Waals surface area contributed by atoms with Gasteiger partial charge < -0.3 is 11.1 Å². The lowest BCUT2D eigenvalue weighted by Gasteiger charge is -2.09. The lowest BCUT2D eigenvalue weighted by atomic mass is 10.3. The van der Waals surface area contributed by atoms with E-state index in [1.54, 1.807) is 18.5 Å². The van der Waals surface area contributed by atoms with Crippen molar-refractivity contribution in [2.75, 3.05) is 23.9 Å². The fourth-order valence-corrected chi connectivity index (χ4v) is 1.55. The summed E-state index contributed by atoms with van der Waals surface area (Å²) in [6, 6.07) is 3.64. The summed E-state index contributed by atoms with van der Waals surface area (Å²) >= 11 is 0. The molecule has 0 aliphatic carbocycles. The van der Waals surface area contributed by atoms with Gasteiger partial charge in [-0.05, 0) is 18.6 Å². The SMILES string of the molecule is CC(CCNc1ccc(N)nc1)S(C)=O. The van der Waals surface area contributed by atoms with Gasteiger partial charge in [0.15, 0.2) is 0 Å². The first-order chi connectivity index (χ1) is 7.09. The van der Waals surface area contributed by atoms with Gasteiger partial charge in [0.05, 0.1) is 11.9 Å². The average Bonchev–Trinajstić information content (AvgIpc) is 2.20. The van der Waals surface area contributed by atoms with Crippen molar-refractivity contribution in [1.29, 1.82) is 0 Å². The first-order valence-electron chi connectivity index (χ1n) is 4.87. The summed E-state index contributed by atoms with van der Waals surface area (Å²) in [6.07, 6.45) is 4.31. The summed E-state index contributed by atoms with van der Waals surface area (Å²) in [7, 11) is -0.747. The Morgan fingerprint density at radius 1 is 1.60 bits per heavy atom. The number of nitrogens with zero attached hydrogens (tertiary/aromatic N) is 1. The molecule has 1 aromatic rings. The van der Waals surface area contributed by atoms with E-state index in [1.807, 2.05) is 13.0 Å². The Bertz CT molecular complexity index is 326. The zero-order chi connectivity index (χ0) is 11.3. The summed E-state index contributed by atoms with van der Waals surface area (Å²) in [5.74, 6) is 0.517. The number of nitrogen functional groups attached to an aromatic ring is 1. The number of rotatable bonds is 5. The number of pyridine rings is 1. The van der Waals surface area contributed by atoms with Gasteiger partial charge in [0.25, 0.3) is 0 Å². The number of aromatic nitrogens is 1. The maximum Gasteiger partial charge on any atom is 0.123 e. The predicted molar refractivity (Wildman–Crippen MR) is 65.3 cm³/mol. The van der Waals surface area contributed by atoms with Crippen LogP contribution >= 0.6 is 0 Å². The van der Waals surface area contributed by atoms with Crippen molar-refractivity contribution in [3.05, 3.63) is 18.3 Å². The monoisotopic (exact) mass is 227 g/mol. The van der Waals surface area contributed by atoms with Crippen LogP contribution in [0, 0.1) is 0 Å². The average molecular weight is 227 g/mol. The molecule has 3 N–H and O–H groups in total. The van der Waals surface area contributed by atoms with Crippen molar-refractivity contribution in [2.24, 2.45) is 0 Å². The molecule has 2 unspecified atom stereocenters. The van der Waals surface area contributed by atoms with Crippen LogP contribution in [0.1, 0.15) is 13.3 Å². The molecular weight excluding hydrogens is 210 g/mol. The van der Waals surface area contributed by atoms with Crippen molar-refractivity contribution in [3.63, 3.8) is 0 Å². The highest BCUT2D eigenvalue weighted by molar-refractivity contribution is 7.84. The molecule has 0 fully saturated rings. The minimum absolute atomic E-state index is 0.222. The molecule has 4 nitrogen and oxygen atoms in total. The molecule has 0 aliphatic heterocycles. The molecule has 0 aromatic carbocycles. The zero-order valence-corrected chi connectivity index (χ0v) is 9.88. The van der Waals surface area contributed by atoms with E-state index < -0.39 is 10.8 Å². The lowest BCUT2D eigenvalue weighted by Crippen LogP contribution is -2.14. The Labute approximate surface area is 92.7 Å². The molecule has 0 bridgehead atoms. The second-order valence-corrected chi connectivity index (χ2v) is 5.30.